The average molecular weight is 358 g/mol. The summed E-state index contributed by atoms with van der Waals surface area (Å²) in [6.45, 7) is 1.28. The molecule has 0 aliphatic heterocycles. The second-order valence-electron chi connectivity index (χ2n) is 5.40. The largest absolute Gasteiger partial charge is 0.489 e. The van der Waals surface area contributed by atoms with E-state index in [-0.39, 0.29) is 0 Å². The second-order valence-corrected chi connectivity index (χ2v) is 6.22. The van der Waals surface area contributed by atoms with E-state index in [9.17, 15) is 0 Å². The van der Waals surface area contributed by atoms with Crippen LogP contribution >= 0.6 is 23.2 Å². The van der Waals surface area contributed by atoms with Crippen molar-refractivity contribution in [3.63, 3.8) is 0 Å². The molecule has 0 aliphatic rings. The Hall–Kier alpha value is -2.16. The molecule has 0 unspecified atom stereocenters. The van der Waals surface area contributed by atoms with Crippen molar-refractivity contribution >= 4 is 28.9 Å². The Labute approximate surface area is 152 Å². The maximum absolute atomic E-state index is 6.01. The summed E-state index contributed by atoms with van der Waals surface area (Å²) in [7, 11) is 0. The Morgan fingerprint density at radius 2 is 1.50 bits per heavy atom. The molecule has 0 atom stereocenters. The maximum Gasteiger partial charge on any atom is 0.119 e. The minimum Gasteiger partial charge on any atom is -0.489 e. The van der Waals surface area contributed by atoms with E-state index in [1.165, 1.54) is 0 Å². The lowest BCUT2D eigenvalue weighted by molar-refractivity contribution is 0.306. The van der Waals surface area contributed by atoms with Gasteiger partial charge in [0, 0.05) is 12.2 Å². The summed E-state index contributed by atoms with van der Waals surface area (Å²) in [6.07, 6.45) is 0. The van der Waals surface area contributed by atoms with Crippen molar-refractivity contribution in [1.29, 1.82) is 0 Å². The molecular formula is C20H17Cl2NO. The number of ether oxygens (including phenoxy) is 1. The van der Waals surface area contributed by atoms with E-state index >= 15 is 0 Å². The van der Waals surface area contributed by atoms with Gasteiger partial charge in [0.15, 0.2) is 0 Å². The third-order valence-corrected chi connectivity index (χ3v) is 4.33. The van der Waals surface area contributed by atoms with Crippen molar-refractivity contribution in [2.45, 2.75) is 13.2 Å². The number of rotatable bonds is 6. The van der Waals surface area contributed by atoms with Crippen LogP contribution in [0.2, 0.25) is 10.0 Å². The number of hydrogen-bond donors (Lipinski definition) is 1. The van der Waals surface area contributed by atoms with Gasteiger partial charge in [0.25, 0.3) is 0 Å². The fourth-order valence-electron chi connectivity index (χ4n) is 2.25. The molecule has 0 heterocycles. The van der Waals surface area contributed by atoms with Gasteiger partial charge in [-0.05, 0) is 41.5 Å². The fourth-order valence-corrected chi connectivity index (χ4v) is 2.55. The highest BCUT2D eigenvalue weighted by atomic mass is 35.5. The summed E-state index contributed by atoms with van der Waals surface area (Å²) in [5, 5.41) is 4.43. The lowest BCUT2D eigenvalue weighted by Crippen LogP contribution is -2.00. The number of benzene rings is 3. The van der Waals surface area contributed by atoms with Crippen LogP contribution in [0.3, 0.4) is 0 Å². The zero-order valence-electron chi connectivity index (χ0n) is 13.0. The van der Waals surface area contributed by atoms with Crippen molar-refractivity contribution < 1.29 is 4.74 Å². The molecule has 1 N–H and O–H groups in total. The average Bonchev–Trinajstić information content (AvgIpc) is 2.63. The van der Waals surface area contributed by atoms with Crippen LogP contribution in [-0.2, 0) is 13.2 Å². The second kappa shape index (κ2) is 8.09. The van der Waals surface area contributed by atoms with Crippen LogP contribution in [-0.4, -0.2) is 0 Å². The summed E-state index contributed by atoms with van der Waals surface area (Å²) in [4.78, 5) is 0. The van der Waals surface area contributed by atoms with Crippen LogP contribution in [0.25, 0.3) is 0 Å². The highest BCUT2D eigenvalue weighted by Gasteiger charge is 2.00. The predicted octanol–water partition coefficient (Wildman–Crippen LogP) is 6.18. The van der Waals surface area contributed by atoms with Crippen LogP contribution in [0.4, 0.5) is 5.69 Å². The van der Waals surface area contributed by atoms with E-state index in [2.05, 4.69) is 17.4 Å². The molecule has 3 aromatic rings. The standard InChI is InChI=1S/C20H17Cl2NO/c21-19-11-8-17(12-20(19)22)23-13-15-6-9-18(10-7-15)24-14-16-4-2-1-3-5-16/h1-12,23H,13-14H2. The van der Waals surface area contributed by atoms with Crippen LogP contribution in [0.5, 0.6) is 5.75 Å². The molecule has 0 fully saturated rings. The normalized spacial score (nSPS) is 10.4. The molecule has 0 radical (unpaired) electrons. The molecule has 0 bridgehead atoms. The first-order chi connectivity index (χ1) is 11.7. The van der Waals surface area contributed by atoms with E-state index in [4.69, 9.17) is 27.9 Å². The lowest BCUT2D eigenvalue weighted by Gasteiger charge is -2.09. The molecular weight excluding hydrogens is 341 g/mol. The van der Waals surface area contributed by atoms with E-state index in [0.29, 0.717) is 23.2 Å². The van der Waals surface area contributed by atoms with Crippen molar-refractivity contribution in [2.24, 2.45) is 0 Å². The summed E-state index contributed by atoms with van der Waals surface area (Å²) in [5.41, 5.74) is 3.25. The topological polar surface area (TPSA) is 21.3 Å². The van der Waals surface area contributed by atoms with E-state index in [1.54, 1.807) is 6.07 Å². The van der Waals surface area contributed by atoms with Crippen molar-refractivity contribution in [1.82, 2.24) is 0 Å². The predicted molar refractivity (Wildman–Crippen MR) is 101 cm³/mol. The number of hydrogen-bond acceptors (Lipinski definition) is 2. The van der Waals surface area contributed by atoms with Gasteiger partial charge in [0.05, 0.1) is 10.0 Å². The monoisotopic (exact) mass is 357 g/mol. The molecule has 24 heavy (non-hydrogen) atoms. The molecule has 3 aromatic carbocycles. The Kier molecular flexibility index (Phi) is 5.63. The van der Waals surface area contributed by atoms with Gasteiger partial charge in [-0.15, -0.1) is 0 Å². The molecule has 122 valence electrons. The third-order valence-electron chi connectivity index (χ3n) is 3.59. The number of halogens is 2. The number of anilines is 1. The van der Waals surface area contributed by atoms with Crippen molar-refractivity contribution in [2.75, 3.05) is 5.32 Å². The first kappa shape index (κ1) is 16.7. The molecule has 0 saturated heterocycles. The molecule has 0 amide bonds. The van der Waals surface area contributed by atoms with Gasteiger partial charge >= 0.3 is 0 Å². The van der Waals surface area contributed by atoms with E-state index < -0.39 is 0 Å². The Morgan fingerprint density at radius 1 is 0.750 bits per heavy atom. The van der Waals surface area contributed by atoms with Crippen LogP contribution in [0.15, 0.2) is 72.8 Å². The molecule has 3 rings (SSSR count). The highest BCUT2D eigenvalue weighted by Crippen LogP contribution is 2.25. The summed E-state index contributed by atoms with van der Waals surface area (Å²) in [6, 6.07) is 23.7. The highest BCUT2D eigenvalue weighted by molar-refractivity contribution is 6.42. The molecule has 0 spiro atoms. The van der Waals surface area contributed by atoms with Gasteiger partial charge in [-0.3, -0.25) is 0 Å². The zero-order chi connectivity index (χ0) is 16.8. The van der Waals surface area contributed by atoms with Crippen molar-refractivity contribution in [3.05, 3.63) is 94.0 Å². The fraction of sp³-hybridized carbons (Fsp3) is 0.100. The van der Waals surface area contributed by atoms with Gasteiger partial charge in [0.2, 0.25) is 0 Å². The van der Waals surface area contributed by atoms with Crippen LogP contribution in [0, 0.1) is 0 Å². The van der Waals surface area contributed by atoms with E-state index in [0.717, 1.165) is 22.6 Å². The molecule has 4 heteroatoms. The Morgan fingerprint density at radius 3 is 2.21 bits per heavy atom. The molecule has 0 aliphatic carbocycles. The van der Waals surface area contributed by atoms with Crippen LogP contribution in [0.1, 0.15) is 11.1 Å². The Balaban J connectivity index is 1.53. The third kappa shape index (κ3) is 4.67. The maximum atomic E-state index is 6.01. The molecule has 2 nitrogen and oxygen atoms in total. The Bertz CT molecular complexity index is 788. The van der Waals surface area contributed by atoms with Gasteiger partial charge in [-0.25, -0.2) is 0 Å². The minimum atomic E-state index is 0.548. The van der Waals surface area contributed by atoms with Gasteiger partial charge < -0.3 is 10.1 Å². The zero-order valence-corrected chi connectivity index (χ0v) is 14.5. The van der Waals surface area contributed by atoms with E-state index in [1.807, 2.05) is 54.6 Å². The molecule has 0 aromatic heterocycles. The first-order valence-corrected chi connectivity index (χ1v) is 8.41. The van der Waals surface area contributed by atoms with Crippen LogP contribution < -0.4 is 10.1 Å². The summed E-state index contributed by atoms with van der Waals surface area (Å²) >= 11 is 11.9. The molecule has 0 saturated carbocycles. The van der Waals surface area contributed by atoms with Crippen molar-refractivity contribution in [3.8, 4) is 5.75 Å². The van der Waals surface area contributed by atoms with Gasteiger partial charge in [-0.2, -0.15) is 0 Å². The van der Waals surface area contributed by atoms with Gasteiger partial charge in [0.1, 0.15) is 12.4 Å². The quantitative estimate of drug-likeness (QED) is 0.568. The number of nitrogens with one attached hydrogen (secondary N) is 1. The lowest BCUT2D eigenvalue weighted by atomic mass is 10.2. The SMILES string of the molecule is Clc1ccc(NCc2ccc(OCc3ccccc3)cc2)cc1Cl. The minimum absolute atomic E-state index is 0.548. The first-order valence-electron chi connectivity index (χ1n) is 7.65. The summed E-state index contributed by atoms with van der Waals surface area (Å²) in [5.74, 6) is 0.858. The van der Waals surface area contributed by atoms with Gasteiger partial charge in [-0.1, -0.05) is 65.7 Å². The summed E-state index contributed by atoms with van der Waals surface area (Å²) < 4.78 is 5.79. The smallest absolute Gasteiger partial charge is 0.119 e.